The fourth-order valence-corrected chi connectivity index (χ4v) is 3.65. The molecule has 1 aliphatic carbocycles. The van der Waals surface area contributed by atoms with Crippen molar-refractivity contribution in [2.24, 2.45) is 11.0 Å². The first-order valence-electron chi connectivity index (χ1n) is 9.04. The first-order valence-corrected chi connectivity index (χ1v) is 9.04. The molecule has 1 amide bonds. The normalized spacial score (nSPS) is 25.6. The number of amides is 1. The van der Waals surface area contributed by atoms with Crippen molar-refractivity contribution in [3.05, 3.63) is 29.3 Å². The molecule has 0 aromatic heterocycles. The summed E-state index contributed by atoms with van der Waals surface area (Å²) in [5.41, 5.74) is -1.09. The topological polar surface area (TPSA) is 62.1 Å². The second kappa shape index (κ2) is 7.14. The molecule has 0 spiro atoms. The van der Waals surface area contributed by atoms with E-state index >= 15 is 0 Å². The molecule has 1 aromatic rings. The van der Waals surface area contributed by atoms with Crippen LogP contribution in [0.25, 0.3) is 0 Å². The van der Waals surface area contributed by atoms with Crippen LogP contribution >= 0.6 is 0 Å². The van der Waals surface area contributed by atoms with Crippen LogP contribution in [0.2, 0.25) is 0 Å². The number of benzene rings is 1. The highest BCUT2D eigenvalue weighted by Crippen LogP contribution is 2.47. The standard InChI is InChI=1S/C19H23F3N2O3/c1-12-8-9-14(10-13(12)2)27-11-17(25)24-18(26,19(20,21)22)15-6-4-3-5-7-16(15)23-24/h8-10,15,26H,3-7,11H2,1-2H3/t15-,18+/m0/s1. The predicted molar refractivity (Wildman–Crippen MR) is 93.3 cm³/mol. The molecule has 1 fully saturated rings. The van der Waals surface area contributed by atoms with Crippen molar-refractivity contribution in [2.75, 3.05) is 6.61 Å². The van der Waals surface area contributed by atoms with E-state index in [-0.39, 0.29) is 17.1 Å². The van der Waals surface area contributed by atoms with E-state index in [1.165, 1.54) is 0 Å². The van der Waals surface area contributed by atoms with Gasteiger partial charge in [0.2, 0.25) is 0 Å². The molecule has 3 rings (SSSR count). The zero-order chi connectivity index (χ0) is 19.8. The van der Waals surface area contributed by atoms with Gasteiger partial charge in [-0.1, -0.05) is 18.9 Å². The van der Waals surface area contributed by atoms with Crippen LogP contribution in [0.5, 0.6) is 5.75 Å². The van der Waals surface area contributed by atoms with Crippen LogP contribution in [0, 0.1) is 19.8 Å². The second-order valence-corrected chi connectivity index (χ2v) is 7.21. The van der Waals surface area contributed by atoms with Gasteiger partial charge in [0.25, 0.3) is 11.6 Å². The minimum absolute atomic E-state index is 0.149. The van der Waals surface area contributed by atoms with Crippen molar-refractivity contribution in [2.45, 2.75) is 57.9 Å². The number of carbonyl (C=O) groups is 1. The number of ether oxygens (including phenoxy) is 1. The Labute approximate surface area is 155 Å². The highest BCUT2D eigenvalue weighted by atomic mass is 19.4. The smallest absolute Gasteiger partial charge is 0.439 e. The van der Waals surface area contributed by atoms with E-state index < -0.39 is 30.3 Å². The highest BCUT2D eigenvalue weighted by molar-refractivity contribution is 5.93. The van der Waals surface area contributed by atoms with Crippen LogP contribution in [0.1, 0.15) is 43.2 Å². The number of carbonyl (C=O) groups excluding carboxylic acids is 1. The summed E-state index contributed by atoms with van der Waals surface area (Å²) in [6, 6.07) is 5.15. The number of aryl methyl sites for hydroxylation is 2. The van der Waals surface area contributed by atoms with Crippen LogP contribution in [-0.2, 0) is 4.79 Å². The van der Waals surface area contributed by atoms with Gasteiger partial charge in [0.05, 0.1) is 5.92 Å². The van der Waals surface area contributed by atoms with E-state index in [1.54, 1.807) is 18.2 Å². The van der Waals surface area contributed by atoms with Gasteiger partial charge in [0.15, 0.2) is 6.61 Å². The Balaban J connectivity index is 1.81. The van der Waals surface area contributed by atoms with Crippen molar-refractivity contribution >= 4 is 11.6 Å². The average Bonchev–Trinajstić information content (AvgIpc) is 2.75. The molecule has 1 heterocycles. The molecule has 2 aliphatic rings. The Bertz CT molecular complexity index is 763. The molecule has 148 valence electrons. The summed E-state index contributed by atoms with van der Waals surface area (Å²) in [6.07, 6.45) is -2.47. The SMILES string of the molecule is Cc1ccc(OCC(=O)N2N=C3CCCCC[C@@H]3[C@@]2(O)C(F)(F)F)cc1C. The van der Waals surface area contributed by atoms with Crippen LogP contribution in [-0.4, -0.2) is 40.2 Å². The van der Waals surface area contributed by atoms with Crippen molar-refractivity contribution in [3.8, 4) is 5.75 Å². The van der Waals surface area contributed by atoms with Crippen LogP contribution < -0.4 is 4.74 Å². The number of hydrogen-bond donors (Lipinski definition) is 1. The summed E-state index contributed by atoms with van der Waals surface area (Å²) in [7, 11) is 0. The Morgan fingerprint density at radius 3 is 2.70 bits per heavy atom. The van der Waals surface area contributed by atoms with Gasteiger partial charge in [0.1, 0.15) is 5.75 Å². The number of hydrazone groups is 1. The average molecular weight is 384 g/mol. The Kier molecular flexibility index (Phi) is 5.20. The van der Waals surface area contributed by atoms with Crippen LogP contribution in [0.15, 0.2) is 23.3 Å². The Hall–Kier alpha value is -2.09. The lowest BCUT2D eigenvalue weighted by Crippen LogP contribution is -2.61. The maximum Gasteiger partial charge on any atom is 0.439 e. The van der Waals surface area contributed by atoms with E-state index in [1.807, 2.05) is 13.8 Å². The molecule has 27 heavy (non-hydrogen) atoms. The van der Waals surface area contributed by atoms with Crippen molar-refractivity contribution in [3.63, 3.8) is 0 Å². The number of hydrogen-bond acceptors (Lipinski definition) is 4. The summed E-state index contributed by atoms with van der Waals surface area (Å²) in [4.78, 5) is 12.5. The molecule has 8 heteroatoms. The molecule has 0 saturated heterocycles. The molecule has 1 aliphatic heterocycles. The van der Waals surface area contributed by atoms with E-state index in [9.17, 15) is 23.1 Å². The lowest BCUT2D eigenvalue weighted by atomic mass is 9.87. The molecule has 1 aromatic carbocycles. The summed E-state index contributed by atoms with van der Waals surface area (Å²) in [5, 5.41) is 14.6. The predicted octanol–water partition coefficient (Wildman–Crippen LogP) is 3.71. The monoisotopic (exact) mass is 384 g/mol. The second-order valence-electron chi connectivity index (χ2n) is 7.21. The molecule has 1 saturated carbocycles. The quantitative estimate of drug-likeness (QED) is 0.864. The number of alkyl halides is 3. The van der Waals surface area contributed by atoms with Gasteiger partial charge < -0.3 is 9.84 Å². The lowest BCUT2D eigenvalue weighted by molar-refractivity contribution is -0.317. The molecular formula is C19H23F3N2O3. The zero-order valence-electron chi connectivity index (χ0n) is 15.3. The Morgan fingerprint density at radius 2 is 2.04 bits per heavy atom. The van der Waals surface area contributed by atoms with Gasteiger partial charge in [-0.2, -0.15) is 23.3 Å². The fourth-order valence-electron chi connectivity index (χ4n) is 3.65. The zero-order valence-corrected chi connectivity index (χ0v) is 15.3. The van der Waals surface area contributed by atoms with E-state index in [0.29, 0.717) is 25.0 Å². The minimum atomic E-state index is -5.01. The lowest BCUT2D eigenvalue weighted by Gasteiger charge is -2.37. The van der Waals surface area contributed by atoms with Crippen molar-refractivity contribution < 1.29 is 27.8 Å². The fraction of sp³-hybridized carbons (Fsp3) is 0.579. The molecule has 1 N–H and O–H groups in total. The van der Waals surface area contributed by atoms with Gasteiger partial charge >= 0.3 is 6.18 Å². The third-order valence-electron chi connectivity index (χ3n) is 5.36. The summed E-state index contributed by atoms with van der Waals surface area (Å²) in [5.74, 6) is -1.86. The third-order valence-corrected chi connectivity index (χ3v) is 5.36. The maximum absolute atomic E-state index is 13.8. The molecule has 0 radical (unpaired) electrons. The summed E-state index contributed by atoms with van der Waals surface area (Å²) >= 11 is 0. The van der Waals surface area contributed by atoms with E-state index in [2.05, 4.69) is 5.10 Å². The maximum atomic E-state index is 13.8. The van der Waals surface area contributed by atoms with Crippen molar-refractivity contribution in [1.82, 2.24) is 5.01 Å². The summed E-state index contributed by atoms with van der Waals surface area (Å²) < 4.78 is 46.6. The van der Waals surface area contributed by atoms with Gasteiger partial charge in [0, 0.05) is 5.71 Å². The number of aliphatic hydroxyl groups is 1. The number of rotatable bonds is 3. The number of fused-ring (bicyclic) bond motifs is 1. The van der Waals surface area contributed by atoms with Crippen molar-refractivity contribution in [1.29, 1.82) is 0 Å². The van der Waals surface area contributed by atoms with Crippen LogP contribution in [0.4, 0.5) is 13.2 Å². The highest BCUT2D eigenvalue weighted by Gasteiger charge is 2.68. The minimum Gasteiger partial charge on any atom is -0.484 e. The van der Waals surface area contributed by atoms with Gasteiger partial charge in [-0.25, -0.2) is 0 Å². The molecule has 2 atom stereocenters. The van der Waals surface area contributed by atoms with Gasteiger partial charge in [-0.05, 0) is 56.4 Å². The largest absolute Gasteiger partial charge is 0.484 e. The van der Waals surface area contributed by atoms with Gasteiger partial charge in [-0.3, -0.25) is 4.79 Å². The first kappa shape index (κ1) is 19.7. The van der Waals surface area contributed by atoms with E-state index in [0.717, 1.165) is 17.5 Å². The molecule has 0 unspecified atom stereocenters. The Morgan fingerprint density at radius 1 is 1.30 bits per heavy atom. The molecule has 5 nitrogen and oxygen atoms in total. The number of nitrogens with zero attached hydrogens (tertiary/aromatic N) is 2. The third kappa shape index (κ3) is 3.54. The summed E-state index contributed by atoms with van der Waals surface area (Å²) in [6.45, 7) is 3.15. The van der Waals surface area contributed by atoms with Gasteiger partial charge in [-0.15, -0.1) is 0 Å². The first-order chi connectivity index (χ1) is 12.6. The molecular weight excluding hydrogens is 361 g/mol. The molecule has 0 bridgehead atoms. The number of halogens is 3. The van der Waals surface area contributed by atoms with Crippen LogP contribution in [0.3, 0.4) is 0 Å². The van der Waals surface area contributed by atoms with E-state index in [4.69, 9.17) is 4.74 Å².